The number of hydrogen-bond donors (Lipinski definition) is 1. The SMILES string of the molecule is [CH2]CCCNc1c2c(nc3ccccc13)CCCC2. The Morgan fingerprint density at radius 3 is 2.89 bits per heavy atom. The van der Waals surface area contributed by atoms with Gasteiger partial charge >= 0.3 is 0 Å². The molecule has 0 atom stereocenters. The molecule has 0 aliphatic heterocycles. The van der Waals surface area contributed by atoms with Crippen LogP contribution in [-0.4, -0.2) is 11.5 Å². The van der Waals surface area contributed by atoms with Gasteiger partial charge in [0.25, 0.3) is 0 Å². The quantitative estimate of drug-likeness (QED) is 0.828. The fourth-order valence-electron chi connectivity index (χ4n) is 2.91. The van der Waals surface area contributed by atoms with Crippen molar-refractivity contribution in [2.45, 2.75) is 38.5 Å². The minimum atomic E-state index is 0.984. The molecule has 2 aromatic rings. The monoisotopic (exact) mass is 253 g/mol. The van der Waals surface area contributed by atoms with Crippen LogP contribution < -0.4 is 5.32 Å². The maximum Gasteiger partial charge on any atom is 0.0726 e. The molecule has 0 bridgehead atoms. The predicted octanol–water partition coefficient (Wildman–Crippen LogP) is 4.14. The van der Waals surface area contributed by atoms with Crippen LogP contribution in [0, 0.1) is 6.92 Å². The molecule has 3 rings (SSSR count). The fraction of sp³-hybridized carbons (Fsp3) is 0.412. The second kappa shape index (κ2) is 5.60. The van der Waals surface area contributed by atoms with Crippen LogP contribution in [0.3, 0.4) is 0 Å². The molecule has 99 valence electrons. The summed E-state index contributed by atoms with van der Waals surface area (Å²) >= 11 is 0. The molecule has 1 aliphatic rings. The topological polar surface area (TPSA) is 24.9 Å². The predicted molar refractivity (Wildman–Crippen MR) is 81.5 cm³/mol. The molecule has 1 heterocycles. The number of aryl methyl sites for hydroxylation is 1. The van der Waals surface area contributed by atoms with Crippen molar-refractivity contribution >= 4 is 16.6 Å². The van der Waals surface area contributed by atoms with E-state index >= 15 is 0 Å². The van der Waals surface area contributed by atoms with E-state index in [4.69, 9.17) is 4.98 Å². The van der Waals surface area contributed by atoms with Gasteiger partial charge in [0, 0.05) is 23.3 Å². The summed E-state index contributed by atoms with van der Waals surface area (Å²) in [6.45, 7) is 4.92. The summed E-state index contributed by atoms with van der Waals surface area (Å²) in [5.74, 6) is 0. The maximum atomic E-state index is 4.85. The van der Waals surface area contributed by atoms with Crippen molar-refractivity contribution in [1.29, 1.82) is 0 Å². The Morgan fingerprint density at radius 2 is 2.00 bits per heavy atom. The highest BCUT2D eigenvalue weighted by molar-refractivity contribution is 5.93. The summed E-state index contributed by atoms with van der Waals surface area (Å²) < 4.78 is 0. The van der Waals surface area contributed by atoms with Gasteiger partial charge in [-0.25, -0.2) is 0 Å². The van der Waals surface area contributed by atoms with Crippen LogP contribution in [0.15, 0.2) is 24.3 Å². The Labute approximate surface area is 115 Å². The van der Waals surface area contributed by atoms with Gasteiger partial charge in [0.05, 0.1) is 5.52 Å². The molecule has 1 aromatic heterocycles. The standard InChI is InChI=1S/C17H21N2/c1-2-3-12-18-17-13-8-4-6-10-15(13)19-16-11-7-5-9-14(16)17/h4,6,8,10H,1-3,5,7,9,11-12H2,(H,18,19). The van der Waals surface area contributed by atoms with Gasteiger partial charge in [0.15, 0.2) is 0 Å². The number of fused-ring (bicyclic) bond motifs is 2. The van der Waals surface area contributed by atoms with Crippen LogP contribution in [0.1, 0.15) is 36.9 Å². The molecule has 19 heavy (non-hydrogen) atoms. The first kappa shape index (κ1) is 12.5. The molecule has 0 spiro atoms. The molecule has 1 aromatic carbocycles. The lowest BCUT2D eigenvalue weighted by Crippen LogP contribution is -2.12. The highest BCUT2D eigenvalue weighted by Crippen LogP contribution is 2.33. The van der Waals surface area contributed by atoms with Crippen LogP contribution >= 0.6 is 0 Å². The van der Waals surface area contributed by atoms with E-state index in [2.05, 4.69) is 36.5 Å². The molecule has 1 radical (unpaired) electrons. The minimum absolute atomic E-state index is 0.984. The van der Waals surface area contributed by atoms with Crippen LogP contribution in [0.4, 0.5) is 5.69 Å². The van der Waals surface area contributed by atoms with Crippen molar-refractivity contribution in [3.8, 4) is 0 Å². The number of unbranched alkanes of at least 4 members (excludes halogenated alkanes) is 1. The van der Waals surface area contributed by atoms with Crippen LogP contribution in [0.2, 0.25) is 0 Å². The minimum Gasteiger partial charge on any atom is -0.384 e. The number of para-hydroxylation sites is 1. The molecular weight excluding hydrogens is 232 g/mol. The summed E-state index contributed by atoms with van der Waals surface area (Å²) in [6.07, 6.45) is 6.96. The molecule has 0 amide bonds. The summed E-state index contributed by atoms with van der Waals surface area (Å²) in [4.78, 5) is 4.85. The number of aromatic nitrogens is 1. The third-order valence-corrected chi connectivity index (χ3v) is 3.90. The van der Waals surface area contributed by atoms with Gasteiger partial charge in [-0.15, -0.1) is 0 Å². The maximum absolute atomic E-state index is 4.85. The lowest BCUT2D eigenvalue weighted by Gasteiger charge is -2.21. The molecular formula is C17H21N2. The molecule has 1 aliphatic carbocycles. The zero-order chi connectivity index (χ0) is 13.1. The molecule has 2 heteroatoms. The van der Waals surface area contributed by atoms with Crippen molar-refractivity contribution in [2.24, 2.45) is 0 Å². The van der Waals surface area contributed by atoms with E-state index in [1.807, 2.05) is 0 Å². The zero-order valence-electron chi connectivity index (χ0n) is 11.4. The van der Waals surface area contributed by atoms with Gasteiger partial charge in [0.2, 0.25) is 0 Å². The first-order chi connectivity index (χ1) is 9.40. The van der Waals surface area contributed by atoms with Gasteiger partial charge in [-0.3, -0.25) is 4.98 Å². The summed E-state index contributed by atoms with van der Waals surface area (Å²) in [7, 11) is 0. The fourth-order valence-corrected chi connectivity index (χ4v) is 2.91. The van der Waals surface area contributed by atoms with Gasteiger partial charge in [-0.1, -0.05) is 31.5 Å². The highest BCUT2D eigenvalue weighted by atomic mass is 14.9. The summed E-state index contributed by atoms with van der Waals surface area (Å²) in [6, 6.07) is 8.48. The number of hydrogen-bond acceptors (Lipinski definition) is 2. The number of nitrogens with one attached hydrogen (secondary N) is 1. The van der Waals surface area contributed by atoms with Crippen LogP contribution in [0.5, 0.6) is 0 Å². The van der Waals surface area contributed by atoms with E-state index in [-0.39, 0.29) is 0 Å². The van der Waals surface area contributed by atoms with Crippen molar-refractivity contribution in [3.05, 3.63) is 42.4 Å². The Hall–Kier alpha value is -1.57. The summed E-state index contributed by atoms with van der Waals surface area (Å²) in [5.41, 5.74) is 5.21. The van der Waals surface area contributed by atoms with Crippen molar-refractivity contribution in [1.82, 2.24) is 4.98 Å². The summed E-state index contributed by atoms with van der Waals surface area (Å²) in [5, 5.41) is 4.91. The average Bonchev–Trinajstić information content (AvgIpc) is 2.46. The highest BCUT2D eigenvalue weighted by Gasteiger charge is 2.17. The lowest BCUT2D eigenvalue weighted by molar-refractivity contribution is 0.671. The zero-order valence-corrected chi connectivity index (χ0v) is 11.4. The molecule has 0 fully saturated rings. The average molecular weight is 253 g/mol. The number of anilines is 1. The second-order valence-corrected chi connectivity index (χ2v) is 5.27. The number of nitrogens with zero attached hydrogens (tertiary/aromatic N) is 1. The van der Waals surface area contributed by atoms with E-state index in [0.717, 1.165) is 31.3 Å². The van der Waals surface area contributed by atoms with E-state index in [0.29, 0.717) is 0 Å². The molecule has 0 saturated carbocycles. The van der Waals surface area contributed by atoms with Gasteiger partial charge < -0.3 is 5.32 Å². The van der Waals surface area contributed by atoms with Crippen molar-refractivity contribution < 1.29 is 0 Å². The van der Waals surface area contributed by atoms with Gasteiger partial charge in [-0.05, 0) is 43.7 Å². The van der Waals surface area contributed by atoms with Crippen molar-refractivity contribution in [3.63, 3.8) is 0 Å². The second-order valence-electron chi connectivity index (χ2n) is 5.27. The number of pyridine rings is 1. The van der Waals surface area contributed by atoms with Gasteiger partial charge in [0.1, 0.15) is 0 Å². The van der Waals surface area contributed by atoms with Gasteiger partial charge in [-0.2, -0.15) is 0 Å². The van der Waals surface area contributed by atoms with Crippen LogP contribution in [-0.2, 0) is 12.8 Å². The smallest absolute Gasteiger partial charge is 0.0726 e. The molecule has 1 N–H and O–H groups in total. The first-order valence-corrected chi connectivity index (χ1v) is 7.34. The Morgan fingerprint density at radius 1 is 1.16 bits per heavy atom. The van der Waals surface area contributed by atoms with E-state index < -0.39 is 0 Å². The van der Waals surface area contributed by atoms with Crippen molar-refractivity contribution in [2.75, 3.05) is 11.9 Å². The third-order valence-electron chi connectivity index (χ3n) is 3.90. The Bertz CT molecular complexity index is 575. The molecule has 0 saturated heterocycles. The van der Waals surface area contributed by atoms with E-state index in [1.165, 1.54) is 41.6 Å². The van der Waals surface area contributed by atoms with E-state index in [9.17, 15) is 0 Å². The Balaban J connectivity index is 2.08. The third kappa shape index (κ3) is 2.44. The normalized spacial score (nSPS) is 14.4. The first-order valence-electron chi connectivity index (χ1n) is 7.34. The van der Waals surface area contributed by atoms with Crippen LogP contribution in [0.25, 0.3) is 10.9 Å². The number of rotatable bonds is 4. The van der Waals surface area contributed by atoms with E-state index in [1.54, 1.807) is 0 Å². The molecule has 2 nitrogen and oxygen atoms in total. The Kier molecular flexibility index (Phi) is 3.67. The lowest BCUT2D eigenvalue weighted by atomic mass is 9.92. The number of benzene rings is 1. The molecule has 0 unspecified atom stereocenters. The largest absolute Gasteiger partial charge is 0.384 e.